The number of benzene rings is 1. The van der Waals surface area contributed by atoms with Crippen molar-refractivity contribution in [3.63, 3.8) is 0 Å². The normalized spacial score (nSPS) is 11.3. The Kier molecular flexibility index (Phi) is 5.95. The zero-order valence-corrected chi connectivity index (χ0v) is 16.7. The maximum Gasteiger partial charge on any atom is 0.322 e. The van der Waals surface area contributed by atoms with Crippen molar-refractivity contribution >= 4 is 23.7 Å². The minimum absolute atomic E-state index is 0.0795. The maximum atomic E-state index is 12.4. The standard InChI is InChI=1S/C19H23N5O2S/c1-12(2)24-16(9-10-20-24)18(25)21-19-23-22-17(26-19)11-14-5-7-15(8-6-14)27-13(3)4/h5-10,12-13H,11H2,1-4H3,(H,21,23,25). The quantitative estimate of drug-likeness (QED) is 0.614. The third-order valence-electron chi connectivity index (χ3n) is 3.73. The van der Waals surface area contributed by atoms with Gasteiger partial charge in [0.05, 0.1) is 6.42 Å². The second-order valence-corrected chi connectivity index (χ2v) is 8.35. The summed E-state index contributed by atoms with van der Waals surface area (Å²) in [7, 11) is 0. The van der Waals surface area contributed by atoms with Crippen molar-refractivity contribution in [3.05, 3.63) is 53.7 Å². The molecule has 2 aromatic heterocycles. The van der Waals surface area contributed by atoms with E-state index in [2.05, 4.69) is 46.6 Å². The van der Waals surface area contributed by atoms with E-state index in [1.165, 1.54) is 4.90 Å². The lowest BCUT2D eigenvalue weighted by atomic mass is 10.1. The van der Waals surface area contributed by atoms with Crippen molar-refractivity contribution in [1.82, 2.24) is 20.0 Å². The average molecular weight is 385 g/mol. The van der Waals surface area contributed by atoms with Crippen LogP contribution in [-0.2, 0) is 6.42 Å². The van der Waals surface area contributed by atoms with Crippen LogP contribution in [0.3, 0.4) is 0 Å². The summed E-state index contributed by atoms with van der Waals surface area (Å²) in [4.78, 5) is 13.6. The van der Waals surface area contributed by atoms with Gasteiger partial charge in [-0.3, -0.25) is 14.8 Å². The molecule has 27 heavy (non-hydrogen) atoms. The fourth-order valence-corrected chi connectivity index (χ4v) is 3.41. The number of nitrogens with zero attached hydrogens (tertiary/aromatic N) is 4. The Hall–Kier alpha value is -2.61. The Morgan fingerprint density at radius 2 is 1.89 bits per heavy atom. The number of hydrogen-bond acceptors (Lipinski definition) is 6. The lowest BCUT2D eigenvalue weighted by molar-refractivity contribution is 0.101. The van der Waals surface area contributed by atoms with Gasteiger partial charge in [0.1, 0.15) is 5.69 Å². The van der Waals surface area contributed by atoms with Gasteiger partial charge in [0.2, 0.25) is 5.89 Å². The third kappa shape index (κ3) is 4.97. The summed E-state index contributed by atoms with van der Waals surface area (Å²) in [6.45, 7) is 8.25. The Morgan fingerprint density at radius 3 is 2.56 bits per heavy atom. The first-order chi connectivity index (χ1) is 12.9. The molecular weight excluding hydrogens is 362 g/mol. The summed E-state index contributed by atoms with van der Waals surface area (Å²) in [5.41, 5.74) is 1.52. The number of carbonyl (C=O) groups excluding carboxylic acids is 1. The molecule has 8 heteroatoms. The fraction of sp³-hybridized carbons (Fsp3) is 0.368. The Labute approximate surface area is 162 Å². The molecule has 2 heterocycles. The molecular formula is C19H23N5O2S. The van der Waals surface area contributed by atoms with Gasteiger partial charge in [0, 0.05) is 22.4 Å². The highest BCUT2D eigenvalue weighted by atomic mass is 32.2. The predicted molar refractivity (Wildman–Crippen MR) is 105 cm³/mol. The summed E-state index contributed by atoms with van der Waals surface area (Å²) in [5.74, 6) is 0.124. The van der Waals surface area contributed by atoms with E-state index in [0.717, 1.165) is 5.56 Å². The molecule has 0 saturated carbocycles. The molecule has 142 valence electrons. The van der Waals surface area contributed by atoms with E-state index < -0.39 is 0 Å². The Bertz CT molecular complexity index is 899. The summed E-state index contributed by atoms with van der Waals surface area (Å²) >= 11 is 1.82. The molecule has 0 aliphatic rings. The molecule has 3 aromatic rings. The molecule has 1 aromatic carbocycles. The highest BCUT2D eigenvalue weighted by Gasteiger charge is 2.17. The van der Waals surface area contributed by atoms with Crippen LogP contribution in [0.15, 0.2) is 45.8 Å². The summed E-state index contributed by atoms with van der Waals surface area (Å²) in [6.07, 6.45) is 2.11. The molecule has 1 amide bonds. The number of rotatable bonds is 7. The zero-order valence-electron chi connectivity index (χ0n) is 15.8. The van der Waals surface area contributed by atoms with Crippen molar-refractivity contribution in [2.24, 2.45) is 0 Å². The van der Waals surface area contributed by atoms with Gasteiger partial charge in [-0.05, 0) is 37.6 Å². The van der Waals surface area contributed by atoms with Crippen LogP contribution in [0, 0.1) is 0 Å². The fourth-order valence-electron chi connectivity index (χ4n) is 2.57. The van der Waals surface area contributed by atoms with Gasteiger partial charge in [0.25, 0.3) is 5.91 Å². The monoisotopic (exact) mass is 385 g/mol. The molecule has 0 bridgehead atoms. The summed E-state index contributed by atoms with van der Waals surface area (Å²) in [6, 6.07) is 10.1. The molecule has 0 unspecified atom stereocenters. The maximum absolute atomic E-state index is 12.4. The first-order valence-electron chi connectivity index (χ1n) is 8.85. The van der Waals surface area contributed by atoms with Gasteiger partial charge in [-0.15, -0.1) is 16.9 Å². The summed E-state index contributed by atoms with van der Waals surface area (Å²) < 4.78 is 7.20. The van der Waals surface area contributed by atoms with Gasteiger partial charge in [0.15, 0.2) is 0 Å². The summed E-state index contributed by atoms with van der Waals surface area (Å²) in [5, 5.41) is 15.3. The van der Waals surface area contributed by atoms with Gasteiger partial charge < -0.3 is 4.42 Å². The van der Waals surface area contributed by atoms with Crippen molar-refractivity contribution in [2.45, 2.75) is 50.3 Å². The molecule has 1 N–H and O–H groups in total. The SMILES string of the molecule is CC(C)Sc1ccc(Cc2nnc(NC(=O)c3ccnn3C(C)C)o2)cc1. The first-order valence-corrected chi connectivity index (χ1v) is 9.73. The van der Waals surface area contributed by atoms with Gasteiger partial charge >= 0.3 is 6.01 Å². The van der Waals surface area contributed by atoms with Crippen LogP contribution in [0.2, 0.25) is 0 Å². The minimum atomic E-state index is -0.327. The Balaban J connectivity index is 1.63. The van der Waals surface area contributed by atoms with Crippen LogP contribution >= 0.6 is 11.8 Å². The number of thioether (sulfide) groups is 1. The molecule has 0 spiro atoms. The number of nitrogens with one attached hydrogen (secondary N) is 1. The van der Waals surface area contributed by atoms with Crippen LogP contribution < -0.4 is 5.32 Å². The number of hydrogen-bond donors (Lipinski definition) is 1. The average Bonchev–Trinajstić information content (AvgIpc) is 3.25. The first kappa shape index (κ1) is 19.2. The van der Waals surface area contributed by atoms with Gasteiger partial charge in [-0.1, -0.05) is 31.1 Å². The zero-order chi connectivity index (χ0) is 19.4. The van der Waals surface area contributed by atoms with Crippen molar-refractivity contribution < 1.29 is 9.21 Å². The highest BCUT2D eigenvalue weighted by molar-refractivity contribution is 7.99. The van der Waals surface area contributed by atoms with Gasteiger partial charge in [-0.25, -0.2) is 0 Å². The highest BCUT2D eigenvalue weighted by Crippen LogP contribution is 2.23. The van der Waals surface area contributed by atoms with Crippen molar-refractivity contribution in [1.29, 1.82) is 0 Å². The number of aromatic nitrogens is 4. The second kappa shape index (κ2) is 8.39. The molecule has 7 nitrogen and oxygen atoms in total. The third-order valence-corrected chi connectivity index (χ3v) is 4.75. The van der Waals surface area contributed by atoms with Crippen LogP contribution in [0.25, 0.3) is 0 Å². The molecule has 0 aliphatic heterocycles. The molecule has 0 saturated heterocycles. The molecule has 0 fully saturated rings. The molecule has 0 atom stereocenters. The lowest BCUT2D eigenvalue weighted by Crippen LogP contribution is -2.19. The molecule has 0 aliphatic carbocycles. The molecule has 0 radical (unpaired) electrons. The van der Waals surface area contributed by atoms with E-state index in [4.69, 9.17) is 4.42 Å². The van der Waals surface area contributed by atoms with E-state index in [-0.39, 0.29) is 18.0 Å². The van der Waals surface area contributed by atoms with Gasteiger partial charge in [-0.2, -0.15) is 5.10 Å². The van der Waals surface area contributed by atoms with Crippen molar-refractivity contribution in [3.8, 4) is 0 Å². The number of anilines is 1. The lowest BCUT2D eigenvalue weighted by Gasteiger charge is -2.09. The van der Waals surface area contributed by atoms with Crippen LogP contribution in [0.5, 0.6) is 0 Å². The predicted octanol–water partition coefficient (Wildman–Crippen LogP) is 4.19. The van der Waals surface area contributed by atoms with Crippen LogP contribution in [-0.4, -0.2) is 31.1 Å². The van der Waals surface area contributed by atoms with E-state index in [9.17, 15) is 4.79 Å². The second-order valence-electron chi connectivity index (χ2n) is 6.70. The minimum Gasteiger partial charge on any atom is -0.407 e. The van der Waals surface area contributed by atoms with E-state index in [1.807, 2.05) is 37.7 Å². The molecule has 3 rings (SSSR count). The van der Waals surface area contributed by atoms with E-state index in [1.54, 1.807) is 16.9 Å². The smallest absolute Gasteiger partial charge is 0.322 e. The number of carbonyl (C=O) groups is 1. The number of amides is 1. The largest absolute Gasteiger partial charge is 0.407 e. The van der Waals surface area contributed by atoms with Crippen molar-refractivity contribution in [2.75, 3.05) is 5.32 Å². The van der Waals surface area contributed by atoms with E-state index in [0.29, 0.717) is 23.3 Å². The van der Waals surface area contributed by atoms with Crippen LogP contribution in [0.1, 0.15) is 55.7 Å². The van der Waals surface area contributed by atoms with Crippen LogP contribution in [0.4, 0.5) is 6.01 Å². The topological polar surface area (TPSA) is 85.8 Å². The van der Waals surface area contributed by atoms with E-state index >= 15 is 0 Å². The Morgan fingerprint density at radius 1 is 1.15 bits per heavy atom.